The monoisotopic (exact) mass is 377 g/mol. The van der Waals surface area contributed by atoms with Gasteiger partial charge < -0.3 is 9.30 Å². The van der Waals surface area contributed by atoms with Crippen molar-refractivity contribution in [2.75, 3.05) is 13.7 Å². The Balaban J connectivity index is 1.70. The van der Waals surface area contributed by atoms with Crippen LogP contribution < -0.4 is 4.74 Å². The number of ether oxygens (including phenoxy) is 1. The van der Waals surface area contributed by atoms with Crippen LogP contribution in [0.2, 0.25) is 0 Å². The van der Waals surface area contributed by atoms with Gasteiger partial charge in [-0.2, -0.15) is 0 Å². The maximum atomic E-state index is 10.9. The van der Waals surface area contributed by atoms with Crippen LogP contribution in [0.4, 0.5) is 5.69 Å². The van der Waals surface area contributed by atoms with E-state index in [-0.39, 0.29) is 16.7 Å². The number of nitro groups is 1. The summed E-state index contributed by atoms with van der Waals surface area (Å²) in [7, 11) is 1.68. The number of aromatic nitrogens is 1. The summed E-state index contributed by atoms with van der Waals surface area (Å²) < 4.78 is 7.77. The molecule has 0 spiro atoms. The number of nitro benzene ring substituents is 1. The number of benzene rings is 2. The van der Waals surface area contributed by atoms with Gasteiger partial charge in [-0.25, -0.2) is 0 Å². The fourth-order valence-electron chi connectivity index (χ4n) is 3.96. The Kier molecular flexibility index (Phi) is 5.12. The molecule has 0 radical (unpaired) electrons. The van der Waals surface area contributed by atoms with Crippen molar-refractivity contribution in [3.05, 3.63) is 93.8 Å². The molecule has 2 aromatic carbocycles. The summed E-state index contributed by atoms with van der Waals surface area (Å²) in [6.07, 6.45) is 3.19. The number of fused-ring (bicyclic) bond motifs is 1. The van der Waals surface area contributed by atoms with E-state index in [9.17, 15) is 10.1 Å². The maximum Gasteiger partial charge on any atom is 0.269 e. The van der Waals surface area contributed by atoms with Crippen LogP contribution in [0, 0.1) is 10.1 Å². The third-order valence-electron chi connectivity index (χ3n) is 5.30. The molecule has 3 aromatic rings. The lowest BCUT2D eigenvalue weighted by atomic mass is 10.0. The second-order valence-electron chi connectivity index (χ2n) is 7.05. The van der Waals surface area contributed by atoms with Crippen LogP contribution in [-0.2, 0) is 13.1 Å². The molecule has 6 nitrogen and oxygen atoms in total. The predicted molar refractivity (Wildman–Crippen MR) is 107 cm³/mol. The Morgan fingerprint density at radius 2 is 1.93 bits per heavy atom. The number of hydrogen-bond acceptors (Lipinski definition) is 4. The van der Waals surface area contributed by atoms with Gasteiger partial charge in [-0.1, -0.05) is 24.3 Å². The highest BCUT2D eigenvalue weighted by Crippen LogP contribution is 2.34. The first-order chi connectivity index (χ1) is 13.7. The predicted octanol–water partition coefficient (Wildman–Crippen LogP) is 4.40. The summed E-state index contributed by atoms with van der Waals surface area (Å²) in [6.45, 7) is 2.66. The minimum absolute atomic E-state index is 0.0998. The van der Waals surface area contributed by atoms with Crippen LogP contribution in [0.5, 0.6) is 5.75 Å². The van der Waals surface area contributed by atoms with Gasteiger partial charge in [-0.15, -0.1) is 0 Å². The highest BCUT2D eigenvalue weighted by Gasteiger charge is 2.27. The molecule has 1 unspecified atom stereocenters. The lowest BCUT2D eigenvalue weighted by Gasteiger charge is -2.31. The summed E-state index contributed by atoms with van der Waals surface area (Å²) in [5.41, 5.74) is 3.63. The molecule has 28 heavy (non-hydrogen) atoms. The zero-order valence-electron chi connectivity index (χ0n) is 15.8. The molecule has 1 aromatic heterocycles. The largest absolute Gasteiger partial charge is 0.497 e. The van der Waals surface area contributed by atoms with Crippen molar-refractivity contribution in [2.24, 2.45) is 0 Å². The lowest BCUT2D eigenvalue weighted by Crippen LogP contribution is -2.29. The van der Waals surface area contributed by atoms with Gasteiger partial charge in [-0.05, 0) is 41.8 Å². The first kappa shape index (κ1) is 18.3. The lowest BCUT2D eigenvalue weighted by molar-refractivity contribution is -0.384. The molecule has 0 saturated heterocycles. The van der Waals surface area contributed by atoms with Gasteiger partial charge in [-0.3, -0.25) is 15.0 Å². The Hall–Kier alpha value is -3.12. The fourth-order valence-corrected chi connectivity index (χ4v) is 3.96. The number of nitrogens with zero attached hydrogens (tertiary/aromatic N) is 3. The minimum atomic E-state index is -0.359. The normalized spacial score (nSPS) is 17.0. The number of non-ortho nitro benzene ring substituents is 1. The molecule has 0 fully saturated rings. The third kappa shape index (κ3) is 3.64. The van der Waals surface area contributed by atoms with Gasteiger partial charge in [0.1, 0.15) is 5.75 Å². The van der Waals surface area contributed by atoms with Crippen LogP contribution in [0.3, 0.4) is 0 Å². The summed E-state index contributed by atoms with van der Waals surface area (Å²) in [4.78, 5) is 13.0. The Bertz CT molecular complexity index is 965. The van der Waals surface area contributed by atoms with Crippen molar-refractivity contribution in [3.8, 4) is 5.75 Å². The third-order valence-corrected chi connectivity index (χ3v) is 5.30. The second-order valence-corrected chi connectivity index (χ2v) is 7.05. The zero-order chi connectivity index (χ0) is 19.5. The minimum Gasteiger partial charge on any atom is -0.497 e. The topological polar surface area (TPSA) is 60.5 Å². The molecule has 0 aliphatic carbocycles. The molecule has 6 heteroatoms. The van der Waals surface area contributed by atoms with E-state index in [1.165, 1.54) is 11.3 Å². The van der Waals surface area contributed by atoms with Crippen molar-refractivity contribution in [3.63, 3.8) is 0 Å². The molecule has 0 bridgehead atoms. The smallest absolute Gasteiger partial charge is 0.269 e. The fraction of sp³-hybridized carbons (Fsp3) is 0.273. The average Bonchev–Trinajstić information content (AvgIpc) is 3.10. The van der Waals surface area contributed by atoms with E-state index >= 15 is 0 Å². The van der Waals surface area contributed by atoms with E-state index in [1.807, 2.05) is 24.3 Å². The molecular weight excluding hydrogens is 354 g/mol. The van der Waals surface area contributed by atoms with Crippen molar-refractivity contribution in [1.82, 2.24) is 9.47 Å². The van der Waals surface area contributed by atoms with Crippen LogP contribution >= 0.6 is 0 Å². The molecule has 4 rings (SSSR count). The molecule has 2 heterocycles. The molecule has 0 amide bonds. The maximum absolute atomic E-state index is 10.9. The first-order valence-corrected chi connectivity index (χ1v) is 9.42. The highest BCUT2D eigenvalue weighted by molar-refractivity contribution is 5.37. The first-order valence-electron chi connectivity index (χ1n) is 9.42. The van der Waals surface area contributed by atoms with E-state index in [2.05, 4.69) is 39.9 Å². The highest BCUT2D eigenvalue weighted by atomic mass is 16.6. The van der Waals surface area contributed by atoms with Crippen molar-refractivity contribution >= 4 is 5.69 Å². The van der Waals surface area contributed by atoms with Gasteiger partial charge in [0, 0.05) is 43.7 Å². The Morgan fingerprint density at radius 1 is 1.11 bits per heavy atom. The molecule has 0 saturated carbocycles. The SMILES string of the molecule is COc1cccc(C2c3cccn3CCCN2Cc2ccc([N+](=O)[O-])cc2)c1. The second kappa shape index (κ2) is 7.86. The summed E-state index contributed by atoms with van der Waals surface area (Å²) >= 11 is 0. The van der Waals surface area contributed by atoms with E-state index in [0.717, 1.165) is 37.4 Å². The Morgan fingerprint density at radius 3 is 2.68 bits per heavy atom. The average molecular weight is 377 g/mol. The van der Waals surface area contributed by atoms with Gasteiger partial charge in [0.15, 0.2) is 0 Å². The number of hydrogen-bond donors (Lipinski definition) is 0. The molecule has 1 aliphatic heterocycles. The van der Waals surface area contributed by atoms with Gasteiger partial charge in [0.05, 0.1) is 18.1 Å². The van der Waals surface area contributed by atoms with Crippen molar-refractivity contribution in [2.45, 2.75) is 25.6 Å². The van der Waals surface area contributed by atoms with E-state index in [4.69, 9.17) is 4.74 Å². The summed E-state index contributed by atoms with van der Waals surface area (Å²) in [5, 5.41) is 10.9. The number of methoxy groups -OCH3 is 1. The van der Waals surface area contributed by atoms with Crippen LogP contribution in [0.15, 0.2) is 66.9 Å². The van der Waals surface area contributed by atoms with Gasteiger partial charge >= 0.3 is 0 Å². The van der Waals surface area contributed by atoms with Crippen molar-refractivity contribution < 1.29 is 9.66 Å². The van der Waals surface area contributed by atoms with Crippen molar-refractivity contribution in [1.29, 1.82) is 0 Å². The number of aryl methyl sites for hydroxylation is 1. The van der Waals surface area contributed by atoms with Gasteiger partial charge in [0.2, 0.25) is 0 Å². The van der Waals surface area contributed by atoms with E-state index in [1.54, 1.807) is 19.2 Å². The molecule has 1 atom stereocenters. The van der Waals surface area contributed by atoms with E-state index in [0.29, 0.717) is 0 Å². The molecule has 1 aliphatic rings. The zero-order valence-corrected chi connectivity index (χ0v) is 15.8. The standard InChI is InChI=1S/C22H23N3O3/c1-28-20-6-2-5-18(15-20)22-21-7-3-12-23(21)13-4-14-24(22)16-17-8-10-19(11-9-17)25(26)27/h2-3,5-12,15,22H,4,13-14,16H2,1H3. The summed E-state index contributed by atoms with van der Waals surface area (Å²) in [5.74, 6) is 0.843. The summed E-state index contributed by atoms with van der Waals surface area (Å²) in [6, 6.07) is 19.5. The van der Waals surface area contributed by atoms with Crippen LogP contribution in [0.1, 0.15) is 29.3 Å². The molecule has 0 N–H and O–H groups in total. The Labute approximate surface area is 164 Å². The van der Waals surface area contributed by atoms with Crippen LogP contribution in [0.25, 0.3) is 0 Å². The van der Waals surface area contributed by atoms with Gasteiger partial charge in [0.25, 0.3) is 5.69 Å². The van der Waals surface area contributed by atoms with Crippen LogP contribution in [-0.4, -0.2) is 28.0 Å². The molecular formula is C22H23N3O3. The van der Waals surface area contributed by atoms with E-state index < -0.39 is 0 Å². The number of rotatable bonds is 5. The molecule has 144 valence electrons. The quantitative estimate of drug-likeness (QED) is 0.488.